The number of hydrogen-bond acceptors (Lipinski definition) is 5. The molecule has 1 unspecified atom stereocenters. The summed E-state index contributed by atoms with van der Waals surface area (Å²) in [4.78, 5) is 20.4. The summed E-state index contributed by atoms with van der Waals surface area (Å²) < 4.78 is 4.92. The van der Waals surface area contributed by atoms with Crippen LogP contribution >= 0.6 is 0 Å². The summed E-state index contributed by atoms with van der Waals surface area (Å²) >= 11 is 0. The van der Waals surface area contributed by atoms with Gasteiger partial charge in [-0.3, -0.25) is 4.90 Å². The van der Waals surface area contributed by atoms with E-state index in [1.807, 2.05) is 0 Å². The molecular weight excluding hydrogens is 282 g/mol. The molecule has 1 aromatic rings. The summed E-state index contributed by atoms with van der Waals surface area (Å²) in [6, 6.07) is 0.941. The topological polar surface area (TPSA) is 74.5 Å². The molecule has 1 saturated heterocycles. The fourth-order valence-electron chi connectivity index (χ4n) is 2.91. The molecule has 7 nitrogen and oxygen atoms in total. The highest BCUT2D eigenvalue weighted by atomic mass is 16.5. The highest BCUT2D eigenvalue weighted by Gasteiger charge is 2.26. The van der Waals surface area contributed by atoms with Gasteiger partial charge in [-0.2, -0.15) is 4.98 Å². The molecule has 0 radical (unpaired) electrons. The minimum atomic E-state index is -0.0455. The second-order valence-corrected chi connectivity index (χ2v) is 6.21. The van der Waals surface area contributed by atoms with E-state index in [0.717, 1.165) is 13.0 Å². The Balaban J connectivity index is 1.72. The maximum atomic E-state index is 12.1. The van der Waals surface area contributed by atoms with Crippen LogP contribution in [0.25, 0.3) is 0 Å². The predicted molar refractivity (Wildman–Crippen MR) is 83.6 cm³/mol. The molecule has 0 aliphatic carbocycles. The summed E-state index contributed by atoms with van der Waals surface area (Å²) in [5, 5.41) is 6.87. The first kappa shape index (κ1) is 16.7. The van der Waals surface area contributed by atoms with Gasteiger partial charge in [0.15, 0.2) is 5.82 Å². The van der Waals surface area contributed by atoms with Crippen LogP contribution in [0.1, 0.15) is 38.4 Å². The maximum absolute atomic E-state index is 12.1. The molecule has 124 valence electrons. The largest absolute Gasteiger partial charge is 0.340 e. The van der Waals surface area contributed by atoms with Gasteiger partial charge in [0.05, 0.1) is 0 Å². The number of nitrogens with one attached hydrogen (secondary N) is 1. The number of urea groups is 1. The number of carbonyl (C=O) groups excluding carboxylic acids is 1. The molecule has 1 aromatic heterocycles. The zero-order valence-corrected chi connectivity index (χ0v) is 14.0. The molecule has 22 heavy (non-hydrogen) atoms. The van der Waals surface area contributed by atoms with E-state index >= 15 is 0 Å². The molecule has 1 N–H and O–H groups in total. The van der Waals surface area contributed by atoms with Crippen molar-refractivity contribution in [1.29, 1.82) is 0 Å². The van der Waals surface area contributed by atoms with E-state index in [1.54, 1.807) is 18.9 Å². The summed E-state index contributed by atoms with van der Waals surface area (Å²) in [6.07, 6.45) is 2.97. The molecule has 0 spiro atoms. The average Bonchev–Trinajstić information content (AvgIpc) is 3.10. The van der Waals surface area contributed by atoms with Crippen molar-refractivity contribution in [2.24, 2.45) is 0 Å². The molecule has 1 aliphatic rings. The van der Waals surface area contributed by atoms with E-state index in [9.17, 15) is 4.79 Å². The number of aromatic nitrogens is 2. The van der Waals surface area contributed by atoms with Gasteiger partial charge in [-0.15, -0.1) is 0 Å². The van der Waals surface area contributed by atoms with E-state index in [0.29, 0.717) is 43.3 Å². The average molecular weight is 309 g/mol. The first-order valence-corrected chi connectivity index (χ1v) is 8.01. The van der Waals surface area contributed by atoms with Crippen molar-refractivity contribution in [2.75, 3.05) is 26.7 Å². The third kappa shape index (κ3) is 4.43. The monoisotopic (exact) mass is 309 g/mol. The van der Waals surface area contributed by atoms with Gasteiger partial charge in [0.2, 0.25) is 5.89 Å². The zero-order chi connectivity index (χ0) is 16.1. The Morgan fingerprint density at radius 1 is 1.55 bits per heavy atom. The van der Waals surface area contributed by atoms with Crippen LogP contribution in [0, 0.1) is 6.92 Å². The molecule has 1 aliphatic heterocycles. The van der Waals surface area contributed by atoms with Gasteiger partial charge in [0, 0.05) is 45.6 Å². The van der Waals surface area contributed by atoms with Crippen molar-refractivity contribution in [3.63, 3.8) is 0 Å². The molecule has 1 atom stereocenters. The Labute approximate surface area is 132 Å². The van der Waals surface area contributed by atoms with E-state index in [2.05, 4.69) is 34.2 Å². The quantitative estimate of drug-likeness (QED) is 0.860. The van der Waals surface area contributed by atoms with Crippen LogP contribution in [0.15, 0.2) is 4.52 Å². The van der Waals surface area contributed by atoms with Gasteiger partial charge in [-0.1, -0.05) is 5.16 Å². The van der Waals surface area contributed by atoms with Gasteiger partial charge < -0.3 is 14.7 Å². The van der Waals surface area contributed by atoms with Crippen molar-refractivity contribution >= 4 is 6.03 Å². The molecule has 0 saturated carbocycles. The molecular formula is C15H27N5O2. The number of amides is 2. The fraction of sp³-hybridized carbons (Fsp3) is 0.800. The van der Waals surface area contributed by atoms with Crippen LogP contribution in [-0.4, -0.2) is 64.7 Å². The van der Waals surface area contributed by atoms with Crippen molar-refractivity contribution in [2.45, 2.75) is 52.1 Å². The smallest absolute Gasteiger partial charge is 0.317 e. The Kier molecular flexibility index (Phi) is 5.76. The van der Waals surface area contributed by atoms with Gasteiger partial charge in [-0.05, 0) is 33.2 Å². The van der Waals surface area contributed by atoms with Crippen LogP contribution < -0.4 is 5.32 Å². The van der Waals surface area contributed by atoms with Crippen LogP contribution in [0.4, 0.5) is 4.79 Å². The van der Waals surface area contributed by atoms with Crippen LogP contribution in [0.3, 0.4) is 0 Å². The Morgan fingerprint density at radius 3 is 2.95 bits per heavy atom. The number of carbonyl (C=O) groups is 1. The predicted octanol–water partition coefficient (Wildman–Crippen LogP) is 1.43. The molecule has 1 fully saturated rings. The molecule has 2 heterocycles. The van der Waals surface area contributed by atoms with Crippen LogP contribution in [0.2, 0.25) is 0 Å². The number of likely N-dealkylation sites (N-methyl/N-ethyl adjacent to an activating group) is 1. The Bertz CT molecular complexity index is 488. The Morgan fingerprint density at radius 2 is 2.32 bits per heavy atom. The third-order valence-electron chi connectivity index (χ3n) is 4.16. The van der Waals surface area contributed by atoms with Crippen LogP contribution in [0.5, 0.6) is 0 Å². The van der Waals surface area contributed by atoms with Crippen molar-refractivity contribution < 1.29 is 9.32 Å². The molecule has 7 heteroatoms. The maximum Gasteiger partial charge on any atom is 0.317 e. The molecule has 0 bridgehead atoms. The minimum Gasteiger partial charge on any atom is -0.340 e. The molecule has 0 aromatic carbocycles. The lowest BCUT2D eigenvalue weighted by molar-refractivity contribution is 0.185. The summed E-state index contributed by atoms with van der Waals surface area (Å²) in [6.45, 7) is 8.59. The van der Waals surface area contributed by atoms with Gasteiger partial charge in [0.1, 0.15) is 0 Å². The lowest BCUT2D eigenvalue weighted by Crippen LogP contribution is -2.46. The summed E-state index contributed by atoms with van der Waals surface area (Å²) in [5.74, 6) is 1.19. The molecule has 2 rings (SSSR count). The van der Waals surface area contributed by atoms with Crippen molar-refractivity contribution in [1.82, 2.24) is 25.3 Å². The number of rotatable bonds is 6. The fourth-order valence-corrected chi connectivity index (χ4v) is 2.91. The second kappa shape index (κ2) is 7.58. The standard InChI is InChI=1S/C15H27N5O2/c1-11(2)20-8-5-6-13(20)10-16-15(21)19(4)9-7-14-17-12(3)22-18-14/h11,13H,5-10H2,1-4H3,(H,16,21). The van der Waals surface area contributed by atoms with Crippen LogP contribution in [-0.2, 0) is 6.42 Å². The van der Waals surface area contributed by atoms with Gasteiger partial charge >= 0.3 is 6.03 Å². The third-order valence-corrected chi connectivity index (χ3v) is 4.16. The van der Waals surface area contributed by atoms with E-state index in [-0.39, 0.29) is 6.03 Å². The van der Waals surface area contributed by atoms with Gasteiger partial charge in [-0.25, -0.2) is 4.79 Å². The number of aryl methyl sites for hydroxylation is 1. The lowest BCUT2D eigenvalue weighted by atomic mass is 10.2. The highest BCUT2D eigenvalue weighted by molar-refractivity contribution is 5.73. The lowest BCUT2D eigenvalue weighted by Gasteiger charge is -2.29. The zero-order valence-electron chi connectivity index (χ0n) is 14.0. The van der Waals surface area contributed by atoms with Crippen molar-refractivity contribution in [3.05, 3.63) is 11.7 Å². The normalized spacial score (nSPS) is 18.9. The summed E-state index contributed by atoms with van der Waals surface area (Å²) in [7, 11) is 1.79. The first-order valence-electron chi connectivity index (χ1n) is 8.01. The van der Waals surface area contributed by atoms with E-state index in [4.69, 9.17) is 4.52 Å². The first-order chi connectivity index (χ1) is 10.5. The summed E-state index contributed by atoms with van der Waals surface area (Å²) in [5.41, 5.74) is 0. The van der Waals surface area contributed by atoms with E-state index in [1.165, 1.54) is 6.42 Å². The number of hydrogen-bond donors (Lipinski definition) is 1. The Hall–Kier alpha value is -1.63. The van der Waals surface area contributed by atoms with Gasteiger partial charge in [0.25, 0.3) is 0 Å². The van der Waals surface area contributed by atoms with Crippen molar-refractivity contribution in [3.8, 4) is 0 Å². The number of likely N-dealkylation sites (tertiary alicyclic amines) is 1. The second-order valence-electron chi connectivity index (χ2n) is 6.21. The van der Waals surface area contributed by atoms with E-state index < -0.39 is 0 Å². The molecule has 2 amide bonds. The minimum absolute atomic E-state index is 0.0455. The number of nitrogens with zero attached hydrogens (tertiary/aromatic N) is 4. The highest BCUT2D eigenvalue weighted by Crippen LogP contribution is 2.19. The SMILES string of the molecule is Cc1nc(CCN(C)C(=O)NCC2CCCN2C(C)C)no1.